The summed E-state index contributed by atoms with van der Waals surface area (Å²) in [5.74, 6) is 1.85. The van der Waals surface area contributed by atoms with Gasteiger partial charge in [0, 0.05) is 43.6 Å². The SMILES string of the molecule is O=C(c1cccc(OCC2CCCN(C(=O)C3CCCC3)C2)c1)N1CCCC1. The van der Waals surface area contributed by atoms with Gasteiger partial charge < -0.3 is 14.5 Å². The third-order valence-electron chi connectivity index (χ3n) is 6.50. The highest BCUT2D eigenvalue weighted by atomic mass is 16.5. The van der Waals surface area contributed by atoms with Crippen LogP contribution in [0.3, 0.4) is 0 Å². The number of piperidine rings is 1. The van der Waals surface area contributed by atoms with Gasteiger partial charge in [-0.2, -0.15) is 0 Å². The van der Waals surface area contributed by atoms with Crippen molar-refractivity contribution in [1.29, 1.82) is 0 Å². The molecule has 2 aliphatic heterocycles. The maximum atomic E-state index is 12.7. The molecule has 0 N–H and O–H groups in total. The van der Waals surface area contributed by atoms with E-state index in [2.05, 4.69) is 4.90 Å². The van der Waals surface area contributed by atoms with Gasteiger partial charge in [0.15, 0.2) is 0 Å². The van der Waals surface area contributed by atoms with Crippen molar-refractivity contribution < 1.29 is 14.3 Å². The summed E-state index contributed by atoms with van der Waals surface area (Å²) in [5, 5.41) is 0. The standard InChI is InChI=1S/C23H32N2O3/c26-22(19-8-1-2-9-19)25-14-6-7-18(16-25)17-28-21-11-5-10-20(15-21)23(27)24-12-3-4-13-24/h5,10-11,15,18-19H,1-4,6-9,12-14,16-17H2. The zero-order valence-corrected chi connectivity index (χ0v) is 16.8. The highest BCUT2D eigenvalue weighted by Crippen LogP contribution is 2.29. The minimum Gasteiger partial charge on any atom is -0.493 e. The number of rotatable bonds is 5. The molecule has 152 valence electrons. The molecule has 1 aromatic rings. The van der Waals surface area contributed by atoms with Gasteiger partial charge in [0.05, 0.1) is 6.61 Å². The van der Waals surface area contributed by atoms with E-state index >= 15 is 0 Å². The van der Waals surface area contributed by atoms with Crippen molar-refractivity contribution in [1.82, 2.24) is 9.80 Å². The Morgan fingerprint density at radius 3 is 2.46 bits per heavy atom. The summed E-state index contributed by atoms with van der Waals surface area (Å²) < 4.78 is 6.04. The van der Waals surface area contributed by atoms with Crippen LogP contribution in [0, 0.1) is 11.8 Å². The lowest BCUT2D eigenvalue weighted by Gasteiger charge is -2.34. The van der Waals surface area contributed by atoms with Crippen molar-refractivity contribution >= 4 is 11.8 Å². The minimum absolute atomic E-state index is 0.106. The lowest BCUT2D eigenvalue weighted by molar-refractivity contribution is -0.137. The predicted molar refractivity (Wildman–Crippen MR) is 108 cm³/mol. The van der Waals surface area contributed by atoms with Crippen molar-refractivity contribution in [3.8, 4) is 5.75 Å². The van der Waals surface area contributed by atoms with E-state index in [1.165, 1.54) is 12.8 Å². The number of hydrogen-bond acceptors (Lipinski definition) is 3. The van der Waals surface area contributed by atoms with Crippen molar-refractivity contribution in [2.24, 2.45) is 11.8 Å². The normalized spacial score (nSPS) is 23.2. The average molecular weight is 385 g/mol. The van der Waals surface area contributed by atoms with E-state index in [1.807, 2.05) is 29.2 Å². The Hall–Kier alpha value is -2.04. The molecule has 0 spiro atoms. The first-order chi connectivity index (χ1) is 13.7. The molecule has 1 saturated carbocycles. The molecule has 1 unspecified atom stereocenters. The van der Waals surface area contributed by atoms with Crippen LogP contribution in [-0.4, -0.2) is 54.4 Å². The molecule has 1 aliphatic carbocycles. The number of ether oxygens (including phenoxy) is 1. The Morgan fingerprint density at radius 1 is 0.929 bits per heavy atom. The monoisotopic (exact) mass is 384 g/mol. The molecule has 5 heteroatoms. The second kappa shape index (κ2) is 8.97. The Morgan fingerprint density at radius 2 is 1.68 bits per heavy atom. The fourth-order valence-electron chi connectivity index (χ4n) is 4.87. The molecule has 1 aromatic carbocycles. The quantitative estimate of drug-likeness (QED) is 0.777. The zero-order chi connectivity index (χ0) is 19.3. The summed E-state index contributed by atoms with van der Waals surface area (Å²) in [4.78, 5) is 29.3. The van der Waals surface area contributed by atoms with Gasteiger partial charge in [0.2, 0.25) is 5.91 Å². The number of benzene rings is 1. The van der Waals surface area contributed by atoms with Crippen LogP contribution in [-0.2, 0) is 4.79 Å². The van der Waals surface area contributed by atoms with Gasteiger partial charge >= 0.3 is 0 Å². The Kier molecular flexibility index (Phi) is 6.18. The van der Waals surface area contributed by atoms with Gasteiger partial charge in [-0.15, -0.1) is 0 Å². The highest BCUT2D eigenvalue weighted by molar-refractivity contribution is 5.94. The largest absolute Gasteiger partial charge is 0.493 e. The van der Waals surface area contributed by atoms with E-state index < -0.39 is 0 Å². The maximum Gasteiger partial charge on any atom is 0.253 e. The first-order valence-electron chi connectivity index (χ1n) is 11.0. The van der Waals surface area contributed by atoms with Crippen LogP contribution in [0.1, 0.15) is 61.7 Å². The predicted octanol–water partition coefficient (Wildman–Crippen LogP) is 3.73. The van der Waals surface area contributed by atoms with Crippen molar-refractivity contribution in [2.45, 2.75) is 51.4 Å². The minimum atomic E-state index is 0.106. The van der Waals surface area contributed by atoms with Gasteiger partial charge in [0.1, 0.15) is 5.75 Å². The van der Waals surface area contributed by atoms with E-state index in [-0.39, 0.29) is 11.8 Å². The van der Waals surface area contributed by atoms with Crippen LogP contribution in [0.2, 0.25) is 0 Å². The molecule has 2 amide bonds. The van der Waals surface area contributed by atoms with Gasteiger partial charge in [-0.25, -0.2) is 0 Å². The van der Waals surface area contributed by atoms with Gasteiger partial charge in [-0.1, -0.05) is 18.9 Å². The Labute approximate surface area is 168 Å². The van der Waals surface area contributed by atoms with Crippen LogP contribution in [0.15, 0.2) is 24.3 Å². The summed E-state index contributed by atoms with van der Waals surface area (Å²) in [6.45, 7) is 4.02. The first kappa shape index (κ1) is 19.3. The number of hydrogen-bond donors (Lipinski definition) is 0. The lowest BCUT2D eigenvalue weighted by Crippen LogP contribution is -2.43. The van der Waals surface area contributed by atoms with E-state index in [4.69, 9.17) is 4.74 Å². The third-order valence-corrected chi connectivity index (χ3v) is 6.50. The number of carbonyl (C=O) groups excluding carboxylic acids is 2. The summed E-state index contributed by atoms with van der Waals surface area (Å²) in [7, 11) is 0. The first-order valence-corrected chi connectivity index (χ1v) is 11.0. The second-order valence-electron chi connectivity index (χ2n) is 8.61. The third kappa shape index (κ3) is 4.50. The highest BCUT2D eigenvalue weighted by Gasteiger charge is 2.30. The smallest absolute Gasteiger partial charge is 0.253 e. The summed E-state index contributed by atoms with van der Waals surface area (Å²) >= 11 is 0. The van der Waals surface area contributed by atoms with Crippen LogP contribution >= 0.6 is 0 Å². The molecule has 28 heavy (non-hydrogen) atoms. The molecule has 3 fully saturated rings. The number of nitrogens with zero attached hydrogens (tertiary/aromatic N) is 2. The summed E-state index contributed by atoms with van der Waals surface area (Å²) in [5.41, 5.74) is 0.709. The lowest BCUT2D eigenvalue weighted by atomic mass is 9.96. The van der Waals surface area contributed by atoms with E-state index in [0.717, 1.165) is 70.5 Å². The molecule has 1 atom stereocenters. The summed E-state index contributed by atoms with van der Waals surface area (Å²) in [6.07, 6.45) is 8.87. The summed E-state index contributed by atoms with van der Waals surface area (Å²) in [6, 6.07) is 7.56. The maximum absolute atomic E-state index is 12.7. The van der Waals surface area contributed by atoms with Crippen molar-refractivity contribution in [2.75, 3.05) is 32.8 Å². The molecular weight excluding hydrogens is 352 g/mol. The van der Waals surface area contributed by atoms with Crippen LogP contribution in [0.5, 0.6) is 5.75 Å². The Balaban J connectivity index is 1.30. The van der Waals surface area contributed by atoms with Crippen LogP contribution < -0.4 is 4.74 Å². The fourth-order valence-corrected chi connectivity index (χ4v) is 4.87. The second-order valence-corrected chi connectivity index (χ2v) is 8.61. The van der Waals surface area contributed by atoms with E-state index in [1.54, 1.807) is 0 Å². The van der Waals surface area contributed by atoms with E-state index in [9.17, 15) is 9.59 Å². The Bertz CT molecular complexity index is 693. The molecule has 0 radical (unpaired) electrons. The molecule has 2 saturated heterocycles. The molecule has 0 aromatic heterocycles. The van der Waals surface area contributed by atoms with Gasteiger partial charge in [-0.05, 0) is 56.7 Å². The van der Waals surface area contributed by atoms with Crippen LogP contribution in [0.25, 0.3) is 0 Å². The molecule has 3 aliphatic rings. The molecular formula is C23H32N2O3. The molecule has 4 rings (SSSR count). The molecule has 0 bridgehead atoms. The number of likely N-dealkylation sites (tertiary alicyclic amines) is 2. The zero-order valence-electron chi connectivity index (χ0n) is 16.8. The number of carbonyl (C=O) groups is 2. The van der Waals surface area contributed by atoms with Gasteiger partial charge in [0.25, 0.3) is 5.91 Å². The van der Waals surface area contributed by atoms with Crippen molar-refractivity contribution in [3.05, 3.63) is 29.8 Å². The van der Waals surface area contributed by atoms with Crippen molar-refractivity contribution in [3.63, 3.8) is 0 Å². The van der Waals surface area contributed by atoms with E-state index in [0.29, 0.717) is 24.0 Å². The average Bonchev–Trinajstić information content (AvgIpc) is 3.46. The van der Waals surface area contributed by atoms with Crippen LogP contribution in [0.4, 0.5) is 0 Å². The molecule has 5 nitrogen and oxygen atoms in total. The fraction of sp³-hybridized carbons (Fsp3) is 0.652. The molecule has 2 heterocycles. The van der Waals surface area contributed by atoms with Gasteiger partial charge in [-0.3, -0.25) is 9.59 Å². The topological polar surface area (TPSA) is 49.9 Å². The number of amides is 2.